The highest BCUT2D eigenvalue weighted by molar-refractivity contribution is 9.10. The molecule has 122 valence electrons. The number of halogens is 1. The molecule has 1 amide bonds. The summed E-state index contributed by atoms with van der Waals surface area (Å²) in [5.41, 5.74) is 9.03. The molecule has 0 spiro atoms. The largest absolute Gasteiger partial charge is 0.507 e. The van der Waals surface area contributed by atoms with Gasteiger partial charge in [0.25, 0.3) is 0 Å². The standard InChI is InChI=1S/C14H15BrN4O4/c15-10-3-8(1-2-12(10)20)4-11(14(22)23)19-7-9(5-13(19)21)6-17-18-16/h1-3,9,11,20H,4-7H2,(H,22,23)/t9?,11-/m0/s1. The van der Waals surface area contributed by atoms with Crippen LogP contribution in [0.2, 0.25) is 0 Å². The summed E-state index contributed by atoms with van der Waals surface area (Å²) in [4.78, 5) is 27.6. The first kappa shape index (κ1) is 17.1. The molecule has 1 heterocycles. The summed E-state index contributed by atoms with van der Waals surface area (Å²) in [7, 11) is 0. The number of nitrogens with zero attached hydrogens (tertiary/aromatic N) is 4. The Balaban J connectivity index is 2.15. The van der Waals surface area contributed by atoms with Crippen LogP contribution in [0, 0.1) is 5.92 Å². The molecular formula is C14H15BrN4O4. The number of amides is 1. The van der Waals surface area contributed by atoms with Crippen molar-refractivity contribution in [3.63, 3.8) is 0 Å². The second-order valence-electron chi connectivity index (χ2n) is 5.37. The summed E-state index contributed by atoms with van der Waals surface area (Å²) in [6.07, 6.45) is 0.316. The molecule has 0 saturated carbocycles. The van der Waals surface area contributed by atoms with Gasteiger partial charge in [0.05, 0.1) is 4.47 Å². The topological polar surface area (TPSA) is 127 Å². The summed E-state index contributed by atoms with van der Waals surface area (Å²) in [5, 5.41) is 22.4. The van der Waals surface area contributed by atoms with Crippen molar-refractivity contribution in [3.8, 4) is 5.75 Å². The van der Waals surface area contributed by atoms with Crippen molar-refractivity contribution in [3.05, 3.63) is 38.7 Å². The van der Waals surface area contributed by atoms with Crippen molar-refractivity contribution in [2.45, 2.75) is 18.9 Å². The van der Waals surface area contributed by atoms with E-state index in [1.807, 2.05) is 0 Å². The average Bonchev–Trinajstić information content (AvgIpc) is 2.86. The van der Waals surface area contributed by atoms with Crippen LogP contribution in [-0.2, 0) is 16.0 Å². The summed E-state index contributed by atoms with van der Waals surface area (Å²) in [5.74, 6) is -1.44. The number of benzene rings is 1. The minimum absolute atomic E-state index is 0.0623. The molecule has 1 fully saturated rings. The molecule has 1 aliphatic rings. The van der Waals surface area contributed by atoms with Crippen molar-refractivity contribution >= 4 is 27.8 Å². The van der Waals surface area contributed by atoms with Crippen LogP contribution in [0.3, 0.4) is 0 Å². The molecule has 0 aliphatic carbocycles. The van der Waals surface area contributed by atoms with Crippen LogP contribution in [-0.4, -0.2) is 46.1 Å². The third kappa shape index (κ3) is 4.14. The van der Waals surface area contributed by atoms with E-state index in [-0.39, 0.29) is 43.5 Å². The predicted molar refractivity (Wildman–Crippen MR) is 84.8 cm³/mol. The van der Waals surface area contributed by atoms with Crippen molar-refractivity contribution in [2.24, 2.45) is 11.0 Å². The number of aromatic hydroxyl groups is 1. The van der Waals surface area contributed by atoms with Gasteiger partial charge in [-0.2, -0.15) is 0 Å². The first-order valence-corrected chi connectivity index (χ1v) is 7.72. The van der Waals surface area contributed by atoms with Crippen LogP contribution in [0.4, 0.5) is 0 Å². The monoisotopic (exact) mass is 382 g/mol. The van der Waals surface area contributed by atoms with E-state index in [9.17, 15) is 19.8 Å². The van der Waals surface area contributed by atoms with Crippen LogP contribution in [0.15, 0.2) is 27.8 Å². The molecule has 23 heavy (non-hydrogen) atoms. The van der Waals surface area contributed by atoms with Gasteiger partial charge in [-0.25, -0.2) is 4.79 Å². The Morgan fingerprint density at radius 3 is 2.91 bits per heavy atom. The highest BCUT2D eigenvalue weighted by Crippen LogP contribution is 2.27. The quantitative estimate of drug-likeness (QED) is 0.444. The second kappa shape index (κ2) is 7.34. The highest BCUT2D eigenvalue weighted by atomic mass is 79.9. The van der Waals surface area contributed by atoms with Crippen molar-refractivity contribution < 1.29 is 19.8 Å². The minimum atomic E-state index is -1.09. The van der Waals surface area contributed by atoms with Crippen LogP contribution in [0.5, 0.6) is 5.75 Å². The van der Waals surface area contributed by atoms with Gasteiger partial charge in [-0.15, -0.1) is 0 Å². The smallest absolute Gasteiger partial charge is 0.326 e. The van der Waals surface area contributed by atoms with Crippen molar-refractivity contribution in [1.29, 1.82) is 0 Å². The van der Waals surface area contributed by atoms with E-state index in [2.05, 4.69) is 26.0 Å². The molecule has 2 atom stereocenters. The van der Waals surface area contributed by atoms with Crippen LogP contribution in [0.1, 0.15) is 12.0 Å². The number of rotatable bonds is 6. The van der Waals surface area contributed by atoms with Gasteiger partial charge < -0.3 is 15.1 Å². The second-order valence-corrected chi connectivity index (χ2v) is 6.23. The molecule has 0 radical (unpaired) electrons. The maximum atomic E-state index is 12.1. The maximum absolute atomic E-state index is 12.1. The molecule has 2 N–H and O–H groups in total. The predicted octanol–water partition coefficient (Wildman–Crippen LogP) is 2.31. The first-order valence-electron chi connectivity index (χ1n) is 6.93. The van der Waals surface area contributed by atoms with Crippen molar-refractivity contribution in [1.82, 2.24) is 4.90 Å². The molecule has 0 bridgehead atoms. The Morgan fingerprint density at radius 1 is 1.57 bits per heavy atom. The Bertz CT molecular complexity index is 675. The highest BCUT2D eigenvalue weighted by Gasteiger charge is 2.37. The molecule has 1 aromatic carbocycles. The molecule has 1 unspecified atom stereocenters. The molecule has 0 aromatic heterocycles. The Morgan fingerprint density at radius 2 is 2.30 bits per heavy atom. The number of azide groups is 1. The van der Waals surface area contributed by atoms with E-state index in [1.165, 1.54) is 11.0 Å². The number of phenols is 1. The Labute approximate surface area is 140 Å². The SMILES string of the molecule is [N-]=[N+]=NCC1CC(=O)N([C@@H](Cc2ccc(O)c(Br)c2)C(=O)O)C1. The molecule has 1 aromatic rings. The molecule has 8 nitrogen and oxygen atoms in total. The van der Waals surface area contributed by atoms with E-state index in [1.54, 1.807) is 12.1 Å². The lowest BCUT2D eigenvalue weighted by molar-refractivity contribution is -0.148. The number of aliphatic carboxylic acids is 1. The lowest BCUT2D eigenvalue weighted by Gasteiger charge is -2.25. The summed E-state index contributed by atoms with van der Waals surface area (Å²) >= 11 is 3.18. The third-order valence-electron chi connectivity index (χ3n) is 3.74. The fourth-order valence-corrected chi connectivity index (χ4v) is 3.04. The third-order valence-corrected chi connectivity index (χ3v) is 4.38. The number of carbonyl (C=O) groups is 2. The van der Waals surface area contributed by atoms with Crippen LogP contribution in [0.25, 0.3) is 10.4 Å². The van der Waals surface area contributed by atoms with Gasteiger partial charge in [0, 0.05) is 30.8 Å². The van der Waals surface area contributed by atoms with E-state index in [0.29, 0.717) is 10.0 Å². The lowest BCUT2D eigenvalue weighted by Crippen LogP contribution is -2.43. The van der Waals surface area contributed by atoms with Crippen molar-refractivity contribution in [2.75, 3.05) is 13.1 Å². The zero-order valence-corrected chi connectivity index (χ0v) is 13.7. The fourth-order valence-electron chi connectivity index (χ4n) is 2.62. The lowest BCUT2D eigenvalue weighted by atomic mass is 10.0. The average molecular weight is 383 g/mol. The number of likely N-dealkylation sites (tertiary alicyclic amines) is 1. The van der Waals surface area contributed by atoms with Gasteiger partial charge in [-0.1, -0.05) is 11.2 Å². The van der Waals surface area contributed by atoms with Gasteiger partial charge in [0.2, 0.25) is 5.91 Å². The van der Waals surface area contributed by atoms with E-state index in [4.69, 9.17) is 5.53 Å². The van der Waals surface area contributed by atoms with Gasteiger partial charge in [-0.05, 0) is 45.1 Å². The molecular weight excluding hydrogens is 368 g/mol. The van der Waals surface area contributed by atoms with Gasteiger partial charge in [0.1, 0.15) is 11.8 Å². The molecule has 9 heteroatoms. The molecule has 1 saturated heterocycles. The van der Waals surface area contributed by atoms with Crippen LogP contribution < -0.4 is 0 Å². The van der Waals surface area contributed by atoms with E-state index < -0.39 is 12.0 Å². The van der Waals surface area contributed by atoms with Gasteiger partial charge in [-0.3, -0.25) is 4.79 Å². The normalized spacial score (nSPS) is 18.6. The zero-order chi connectivity index (χ0) is 17.0. The first-order chi connectivity index (χ1) is 10.9. The Kier molecular flexibility index (Phi) is 5.46. The minimum Gasteiger partial charge on any atom is -0.507 e. The number of carboxylic acid groups (broad SMARTS) is 1. The number of phenolic OH excluding ortho intramolecular Hbond substituents is 1. The zero-order valence-electron chi connectivity index (χ0n) is 12.1. The summed E-state index contributed by atoms with van der Waals surface area (Å²) < 4.78 is 0.466. The number of carboxylic acids is 1. The number of hydrogen-bond acceptors (Lipinski definition) is 4. The molecule has 2 rings (SSSR count). The molecule has 1 aliphatic heterocycles. The summed E-state index contributed by atoms with van der Waals surface area (Å²) in [6.45, 7) is 0.434. The number of carbonyl (C=O) groups excluding carboxylic acids is 1. The van der Waals surface area contributed by atoms with E-state index in [0.717, 1.165) is 0 Å². The maximum Gasteiger partial charge on any atom is 0.326 e. The van der Waals surface area contributed by atoms with E-state index >= 15 is 0 Å². The fraction of sp³-hybridized carbons (Fsp3) is 0.429. The summed E-state index contributed by atoms with van der Waals surface area (Å²) in [6, 6.07) is 3.72. The Hall–Kier alpha value is -2.25. The number of hydrogen-bond donors (Lipinski definition) is 2. The van der Waals surface area contributed by atoms with Gasteiger partial charge >= 0.3 is 5.97 Å². The van der Waals surface area contributed by atoms with Gasteiger partial charge in [0.15, 0.2) is 0 Å². The van der Waals surface area contributed by atoms with Crippen LogP contribution >= 0.6 is 15.9 Å².